The van der Waals surface area contributed by atoms with Gasteiger partial charge in [0.2, 0.25) is 0 Å². The molecule has 1 N–H and O–H groups in total. The normalized spacial score (nSPS) is 21.9. The topological polar surface area (TPSA) is 50.8 Å². The molecule has 0 unspecified atom stereocenters. The summed E-state index contributed by atoms with van der Waals surface area (Å²) in [7, 11) is 1.60. The van der Waals surface area contributed by atoms with Gasteiger partial charge in [-0.25, -0.2) is 0 Å². The third kappa shape index (κ3) is 5.28. The van der Waals surface area contributed by atoms with E-state index in [-0.39, 0.29) is 12.5 Å². The van der Waals surface area contributed by atoms with Gasteiger partial charge in [0.15, 0.2) is 18.1 Å². The van der Waals surface area contributed by atoms with Crippen molar-refractivity contribution in [2.75, 3.05) is 44.9 Å². The molecule has 1 atom stereocenters. The van der Waals surface area contributed by atoms with Gasteiger partial charge < -0.3 is 14.8 Å². The number of carbonyl (C=O) groups excluding carboxylic acids is 1. The molecular weight excluding hydrogens is 336 g/mol. The highest BCUT2D eigenvalue weighted by Gasteiger charge is 2.27. The number of rotatable bonds is 7. The highest BCUT2D eigenvalue weighted by Crippen LogP contribution is 2.27. The second-order valence-electron chi connectivity index (χ2n) is 6.74. The first-order chi connectivity index (χ1) is 12.3. The molecule has 2 aliphatic rings. The molecule has 0 saturated carbocycles. The van der Waals surface area contributed by atoms with Gasteiger partial charge in [-0.1, -0.05) is 12.1 Å². The maximum absolute atomic E-state index is 12.0. The van der Waals surface area contributed by atoms with Gasteiger partial charge >= 0.3 is 0 Å². The highest BCUT2D eigenvalue weighted by molar-refractivity contribution is 7.99. The number of likely N-dealkylation sites (tertiary alicyclic amines) is 1. The first-order valence-corrected chi connectivity index (χ1v) is 10.3. The molecule has 2 saturated heterocycles. The molecule has 0 spiro atoms. The van der Waals surface area contributed by atoms with Gasteiger partial charge in [-0.2, -0.15) is 11.8 Å². The van der Waals surface area contributed by atoms with Crippen molar-refractivity contribution in [2.24, 2.45) is 5.92 Å². The van der Waals surface area contributed by atoms with Gasteiger partial charge in [0, 0.05) is 18.3 Å². The summed E-state index contributed by atoms with van der Waals surface area (Å²) in [4.78, 5) is 14.7. The fraction of sp³-hybridized carbons (Fsp3) is 0.632. The molecule has 25 heavy (non-hydrogen) atoms. The summed E-state index contributed by atoms with van der Waals surface area (Å²) in [5.74, 6) is 4.37. The van der Waals surface area contributed by atoms with Gasteiger partial charge in [0.1, 0.15) is 0 Å². The molecule has 1 aromatic carbocycles. The van der Waals surface area contributed by atoms with Crippen LogP contribution < -0.4 is 14.8 Å². The number of para-hydroxylation sites is 2. The second-order valence-corrected chi connectivity index (χ2v) is 7.89. The van der Waals surface area contributed by atoms with Crippen LogP contribution in [0.5, 0.6) is 11.5 Å². The van der Waals surface area contributed by atoms with E-state index in [2.05, 4.69) is 22.0 Å². The molecule has 0 aromatic heterocycles. The summed E-state index contributed by atoms with van der Waals surface area (Å²) < 4.78 is 10.8. The van der Waals surface area contributed by atoms with Gasteiger partial charge in [-0.05, 0) is 56.2 Å². The zero-order valence-corrected chi connectivity index (χ0v) is 15.7. The third-order valence-electron chi connectivity index (χ3n) is 5.09. The fourth-order valence-corrected chi connectivity index (χ4v) is 4.78. The van der Waals surface area contributed by atoms with E-state index < -0.39 is 0 Å². The Morgan fingerprint density at radius 1 is 1.24 bits per heavy atom. The average molecular weight is 365 g/mol. The van der Waals surface area contributed by atoms with Crippen LogP contribution in [0, 0.1) is 5.92 Å². The van der Waals surface area contributed by atoms with E-state index in [0.29, 0.717) is 17.4 Å². The quantitative estimate of drug-likeness (QED) is 0.805. The molecule has 2 aliphatic heterocycles. The number of thioether (sulfide) groups is 1. The van der Waals surface area contributed by atoms with E-state index in [1.54, 1.807) is 7.11 Å². The van der Waals surface area contributed by atoms with Crippen molar-refractivity contribution in [1.29, 1.82) is 0 Å². The average Bonchev–Trinajstić information content (AvgIpc) is 3.20. The largest absolute Gasteiger partial charge is 0.493 e. The monoisotopic (exact) mass is 364 g/mol. The van der Waals surface area contributed by atoms with Gasteiger partial charge in [-0.3, -0.25) is 9.69 Å². The lowest BCUT2D eigenvalue weighted by Crippen LogP contribution is -2.44. The van der Waals surface area contributed by atoms with E-state index in [9.17, 15) is 4.79 Å². The van der Waals surface area contributed by atoms with Crippen molar-refractivity contribution < 1.29 is 14.3 Å². The lowest BCUT2D eigenvalue weighted by Gasteiger charge is -2.35. The number of nitrogens with zero attached hydrogens (tertiary/aromatic N) is 1. The lowest BCUT2D eigenvalue weighted by molar-refractivity contribution is -0.123. The van der Waals surface area contributed by atoms with Crippen LogP contribution in [0.1, 0.15) is 19.3 Å². The maximum atomic E-state index is 12.0. The maximum Gasteiger partial charge on any atom is 0.257 e. The molecule has 6 heteroatoms. The lowest BCUT2D eigenvalue weighted by atomic mass is 9.95. The smallest absolute Gasteiger partial charge is 0.257 e. The molecule has 0 bridgehead atoms. The minimum Gasteiger partial charge on any atom is -0.493 e. The Hall–Kier alpha value is -1.40. The van der Waals surface area contributed by atoms with E-state index >= 15 is 0 Å². The van der Waals surface area contributed by atoms with Crippen LogP contribution in [-0.2, 0) is 4.79 Å². The van der Waals surface area contributed by atoms with Crippen molar-refractivity contribution >= 4 is 17.7 Å². The predicted octanol–water partition coefficient (Wildman–Crippen LogP) is 2.41. The van der Waals surface area contributed by atoms with Crippen molar-refractivity contribution in [2.45, 2.75) is 25.3 Å². The Balaban J connectivity index is 1.34. The standard InChI is InChI=1S/C19H28N2O3S/c1-23-17-4-2-3-5-18(17)24-13-19(22)20-12-15-6-9-21(10-7-15)16-8-11-25-14-16/h2-5,15-16H,6-14H2,1H3,(H,20,22)/t16-/m0/s1. The Kier molecular flexibility index (Phi) is 6.87. The first kappa shape index (κ1) is 18.4. The number of methoxy groups -OCH3 is 1. The molecule has 3 rings (SSSR count). The molecule has 5 nitrogen and oxygen atoms in total. The number of benzene rings is 1. The predicted molar refractivity (Wildman–Crippen MR) is 102 cm³/mol. The van der Waals surface area contributed by atoms with Crippen molar-refractivity contribution in [3.8, 4) is 11.5 Å². The summed E-state index contributed by atoms with van der Waals surface area (Å²) in [6.45, 7) is 3.12. The summed E-state index contributed by atoms with van der Waals surface area (Å²) in [6.07, 6.45) is 3.69. The SMILES string of the molecule is COc1ccccc1OCC(=O)NCC1CCN([C@H]2CCSC2)CC1. The van der Waals surface area contributed by atoms with Crippen molar-refractivity contribution in [3.63, 3.8) is 0 Å². The molecule has 0 aliphatic carbocycles. The van der Waals surface area contributed by atoms with Crippen LogP contribution in [0.3, 0.4) is 0 Å². The fourth-order valence-electron chi connectivity index (χ4n) is 3.52. The Bertz CT molecular complexity index is 555. The summed E-state index contributed by atoms with van der Waals surface area (Å²) in [6, 6.07) is 8.16. The van der Waals surface area contributed by atoms with E-state index in [0.717, 1.165) is 12.6 Å². The number of ether oxygens (including phenoxy) is 2. The minimum atomic E-state index is -0.0690. The van der Waals surface area contributed by atoms with E-state index in [1.165, 1.54) is 43.9 Å². The molecule has 2 heterocycles. The Morgan fingerprint density at radius 3 is 2.68 bits per heavy atom. The van der Waals surface area contributed by atoms with Crippen molar-refractivity contribution in [1.82, 2.24) is 10.2 Å². The summed E-state index contributed by atoms with van der Waals surface area (Å²) in [5, 5.41) is 3.02. The molecule has 138 valence electrons. The summed E-state index contributed by atoms with van der Waals surface area (Å²) in [5.41, 5.74) is 0. The number of hydrogen-bond donors (Lipinski definition) is 1. The molecule has 1 amide bonds. The van der Waals surface area contributed by atoms with E-state index in [4.69, 9.17) is 9.47 Å². The number of carbonyl (C=O) groups is 1. The van der Waals surface area contributed by atoms with Gasteiger partial charge in [-0.15, -0.1) is 0 Å². The van der Waals surface area contributed by atoms with Crippen LogP contribution in [0.2, 0.25) is 0 Å². The third-order valence-corrected chi connectivity index (χ3v) is 6.23. The number of amides is 1. The van der Waals surface area contributed by atoms with E-state index in [1.807, 2.05) is 24.3 Å². The Morgan fingerprint density at radius 2 is 2.00 bits per heavy atom. The molecule has 0 radical (unpaired) electrons. The number of piperidine rings is 1. The second kappa shape index (κ2) is 9.34. The number of nitrogens with one attached hydrogen (secondary N) is 1. The van der Waals surface area contributed by atoms with Crippen LogP contribution in [0.4, 0.5) is 0 Å². The van der Waals surface area contributed by atoms with Gasteiger partial charge in [0.05, 0.1) is 7.11 Å². The van der Waals surface area contributed by atoms with Crippen LogP contribution in [0.15, 0.2) is 24.3 Å². The van der Waals surface area contributed by atoms with Crippen LogP contribution >= 0.6 is 11.8 Å². The zero-order chi connectivity index (χ0) is 17.5. The first-order valence-electron chi connectivity index (χ1n) is 9.10. The van der Waals surface area contributed by atoms with Crippen LogP contribution in [0.25, 0.3) is 0 Å². The highest BCUT2D eigenvalue weighted by atomic mass is 32.2. The van der Waals surface area contributed by atoms with Crippen LogP contribution in [-0.4, -0.2) is 61.7 Å². The molecule has 2 fully saturated rings. The molecule has 1 aromatic rings. The van der Waals surface area contributed by atoms with Crippen molar-refractivity contribution in [3.05, 3.63) is 24.3 Å². The Labute approximate surface area is 154 Å². The van der Waals surface area contributed by atoms with Gasteiger partial charge in [0.25, 0.3) is 5.91 Å². The summed E-state index contributed by atoms with van der Waals surface area (Å²) >= 11 is 2.08. The molecular formula is C19H28N2O3S. The zero-order valence-electron chi connectivity index (χ0n) is 14.9. The minimum absolute atomic E-state index is 0.0263. The number of hydrogen-bond acceptors (Lipinski definition) is 5.